The van der Waals surface area contributed by atoms with E-state index in [1.54, 1.807) is 0 Å². The van der Waals surface area contributed by atoms with Crippen molar-refractivity contribution in [3.8, 4) is 0 Å². The molecule has 0 aromatic heterocycles. The third-order valence-electron chi connectivity index (χ3n) is 3.69. The normalized spacial score (nSPS) is 11.6. The lowest BCUT2D eigenvalue weighted by Gasteiger charge is -2.14. The van der Waals surface area contributed by atoms with E-state index in [1.807, 2.05) is 32.0 Å². The van der Waals surface area contributed by atoms with E-state index in [4.69, 9.17) is 11.6 Å². The molecule has 2 aromatic rings. The smallest absolute Gasteiger partial charge is 0.242 e. The average Bonchev–Trinajstić information content (AvgIpc) is 2.57. The Morgan fingerprint density at radius 1 is 1.15 bits per heavy atom. The molecule has 0 fully saturated rings. The van der Waals surface area contributed by atoms with E-state index in [0.717, 1.165) is 20.3 Å². The van der Waals surface area contributed by atoms with Crippen LogP contribution in [0.15, 0.2) is 46.2 Å². The third-order valence-corrected chi connectivity index (χ3v) is 6.99. The number of hydrogen-bond donors (Lipinski definition) is 1. The Balaban J connectivity index is 2.12. The van der Waals surface area contributed by atoms with Crippen LogP contribution in [0.1, 0.15) is 11.1 Å². The first-order valence-corrected chi connectivity index (χ1v) is 10.6. The molecule has 0 aliphatic heterocycles. The lowest BCUT2D eigenvalue weighted by molar-refractivity contribution is -0.113. The molecule has 0 heterocycles. The minimum absolute atomic E-state index is 0.0735. The van der Waals surface area contributed by atoms with Crippen LogP contribution >= 0.6 is 23.4 Å². The first kappa shape index (κ1) is 20.8. The average molecular weight is 413 g/mol. The summed E-state index contributed by atoms with van der Waals surface area (Å²) in [5.41, 5.74) is 2.51. The van der Waals surface area contributed by atoms with Gasteiger partial charge in [0.15, 0.2) is 0 Å². The number of thioether (sulfide) groups is 1. The summed E-state index contributed by atoms with van der Waals surface area (Å²) in [6.07, 6.45) is 0. The molecule has 2 rings (SSSR count). The van der Waals surface area contributed by atoms with E-state index < -0.39 is 10.0 Å². The van der Waals surface area contributed by atoms with Crippen LogP contribution in [-0.4, -0.2) is 38.5 Å². The molecule has 1 N–H and O–H groups in total. The lowest BCUT2D eigenvalue weighted by Crippen LogP contribution is -2.22. The van der Waals surface area contributed by atoms with Gasteiger partial charge in [-0.3, -0.25) is 4.79 Å². The number of rotatable bonds is 6. The molecule has 0 aliphatic rings. The maximum Gasteiger partial charge on any atom is 0.242 e. The lowest BCUT2D eigenvalue weighted by atomic mass is 10.2. The van der Waals surface area contributed by atoms with Gasteiger partial charge in [-0.1, -0.05) is 29.3 Å². The van der Waals surface area contributed by atoms with E-state index >= 15 is 0 Å². The second kappa shape index (κ2) is 8.43. The molecule has 1 amide bonds. The van der Waals surface area contributed by atoms with Crippen LogP contribution in [0, 0.1) is 13.8 Å². The van der Waals surface area contributed by atoms with E-state index in [1.165, 1.54) is 44.1 Å². The van der Waals surface area contributed by atoms with Crippen LogP contribution in [0.3, 0.4) is 0 Å². The van der Waals surface area contributed by atoms with Crippen LogP contribution in [0.4, 0.5) is 5.69 Å². The minimum atomic E-state index is -3.60. The summed E-state index contributed by atoms with van der Waals surface area (Å²) in [7, 11) is -0.705. The Bertz CT molecular complexity index is 928. The van der Waals surface area contributed by atoms with Gasteiger partial charge in [0, 0.05) is 19.0 Å². The maximum atomic E-state index is 12.3. The van der Waals surface area contributed by atoms with Crippen LogP contribution in [-0.2, 0) is 14.8 Å². The summed E-state index contributed by atoms with van der Waals surface area (Å²) in [5, 5.41) is 2.98. The van der Waals surface area contributed by atoms with Crippen molar-refractivity contribution in [2.24, 2.45) is 0 Å². The Morgan fingerprint density at radius 3 is 2.50 bits per heavy atom. The van der Waals surface area contributed by atoms with E-state index in [2.05, 4.69) is 5.32 Å². The number of sulfonamides is 1. The van der Waals surface area contributed by atoms with Gasteiger partial charge in [-0.15, -0.1) is 11.8 Å². The number of aryl methyl sites for hydroxylation is 2. The quantitative estimate of drug-likeness (QED) is 0.730. The van der Waals surface area contributed by atoms with Gasteiger partial charge in [-0.25, -0.2) is 12.7 Å². The van der Waals surface area contributed by atoms with E-state index in [-0.39, 0.29) is 27.3 Å². The van der Waals surface area contributed by atoms with Gasteiger partial charge in [-0.2, -0.15) is 0 Å². The zero-order valence-electron chi connectivity index (χ0n) is 15.0. The second-order valence-corrected chi connectivity index (χ2v) is 9.61. The van der Waals surface area contributed by atoms with Crippen molar-refractivity contribution in [3.63, 3.8) is 0 Å². The number of benzene rings is 2. The Hall–Kier alpha value is -1.54. The van der Waals surface area contributed by atoms with Crippen molar-refractivity contribution >= 4 is 45.0 Å². The monoisotopic (exact) mass is 412 g/mol. The molecule has 0 saturated carbocycles. The predicted molar refractivity (Wildman–Crippen MR) is 108 cm³/mol. The van der Waals surface area contributed by atoms with Crippen LogP contribution < -0.4 is 5.32 Å². The number of anilines is 1. The highest BCUT2D eigenvalue weighted by Gasteiger charge is 2.19. The van der Waals surface area contributed by atoms with Crippen LogP contribution in [0.25, 0.3) is 0 Å². The minimum Gasteiger partial charge on any atom is -0.324 e. The molecule has 0 unspecified atom stereocenters. The Kier molecular flexibility index (Phi) is 6.74. The number of nitrogens with zero attached hydrogens (tertiary/aromatic N) is 1. The summed E-state index contributed by atoms with van der Waals surface area (Å²) in [6.45, 7) is 3.99. The second-order valence-electron chi connectivity index (χ2n) is 6.03. The predicted octanol–water partition coefficient (Wildman–Crippen LogP) is 3.94. The van der Waals surface area contributed by atoms with Crippen molar-refractivity contribution in [2.75, 3.05) is 25.2 Å². The molecule has 140 valence electrons. The number of hydrogen-bond acceptors (Lipinski definition) is 4. The molecule has 0 bridgehead atoms. The van der Waals surface area contributed by atoms with Crippen molar-refractivity contribution in [1.82, 2.24) is 4.31 Å². The van der Waals surface area contributed by atoms with Crippen molar-refractivity contribution in [2.45, 2.75) is 23.6 Å². The van der Waals surface area contributed by atoms with Crippen molar-refractivity contribution in [1.29, 1.82) is 0 Å². The number of carbonyl (C=O) groups excluding carboxylic acids is 1. The molecule has 0 spiro atoms. The van der Waals surface area contributed by atoms with Gasteiger partial charge in [-0.05, 0) is 43.7 Å². The fourth-order valence-electron chi connectivity index (χ4n) is 2.16. The van der Waals surface area contributed by atoms with Crippen LogP contribution in [0.2, 0.25) is 5.02 Å². The van der Waals surface area contributed by atoms with Crippen molar-refractivity contribution < 1.29 is 13.2 Å². The fourth-order valence-corrected chi connectivity index (χ4v) is 4.18. The first-order valence-electron chi connectivity index (χ1n) is 7.83. The summed E-state index contributed by atoms with van der Waals surface area (Å²) in [5.74, 6) is -0.0529. The van der Waals surface area contributed by atoms with Gasteiger partial charge in [0.1, 0.15) is 0 Å². The third kappa shape index (κ3) is 5.01. The molecule has 0 atom stereocenters. The molecule has 0 aliphatic carbocycles. The van der Waals surface area contributed by atoms with E-state index in [0.29, 0.717) is 0 Å². The summed E-state index contributed by atoms with van der Waals surface area (Å²) >= 11 is 7.53. The molecule has 26 heavy (non-hydrogen) atoms. The standard InChI is InChI=1S/C18H21ClN2O3S2/c1-12-5-6-13(2)17(9-12)25-11-18(22)20-16-10-14(7-8-15(16)19)26(23,24)21(3)4/h5-10H,11H2,1-4H3,(H,20,22). The van der Waals surface area contributed by atoms with Gasteiger partial charge in [0.05, 0.1) is 21.4 Å². The molecular formula is C18H21ClN2O3S2. The largest absolute Gasteiger partial charge is 0.324 e. The molecular weight excluding hydrogens is 392 g/mol. The summed E-state index contributed by atoms with van der Waals surface area (Å²) < 4.78 is 25.6. The fraction of sp³-hybridized carbons (Fsp3) is 0.278. The van der Waals surface area contributed by atoms with Gasteiger partial charge >= 0.3 is 0 Å². The number of nitrogens with one attached hydrogen (secondary N) is 1. The van der Waals surface area contributed by atoms with Crippen LogP contribution in [0.5, 0.6) is 0 Å². The number of amides is 1. The highest BCUT2D eigenvalue weighted by Crippen LogP contribution is 2.28. The summed E-state index contributed by atoms with van der Waals surface area (Å²) in [4.78, 5) is 13.4. The van der Waals surface area contributed by atoms with Gasteiger partial charge in [0.25, 0.3) is 0 Å². The SMILES string of the molecule is Cc1ccc(C)c(SCC(=O)Nc2cc(S(=O)(=O)N(C)C)ccc2Cl)c1. The Labute approximate surface area is 163 Å². The zero-order valence-corrected chi connectivity index (χ0v) is 17.4. The topological polar surface area (TPSA) is 66.5 Å². The zero-order chi connectivity index (χ0) is 19.5. The van der Waals surface area contributed by atoms with Gasteiger partial charge < -0.3 is 5.32 Å². The molecule has 8 heteroatoms. The highest BCUT2D eigenvalue weighted by molar-refractivity contribution is 8.00. The maximum absolute atomic E-state index is 12.3. The highest BCUT2D eigenvalue weighted by atomic mass is 35.5. The van der Waals surface area contributed by atoms with E-state index in [9.17, 15) is 13.2 Å². The molecule has 5 nitrogen and oxygen atoms in total. The number of halogens is 1. The molecule has 0 saturated heterocycles. The Morgan fingerprint density at radius 2 is 1.85 bits per heavy atom. The van der Waals surface area contributed by atoms with Gasteiger partial charge in [0.2, 0.25) is 15.9 Å². The molecule has 0 radical (unpaired) electrons. The molecule has 2 aromatic carbocycles. The first-order chi connectivity index (χ1) is 12.1. The van der Waals surface area contributed by atoms with Crippen molar-refractivity contribution in [3.05, 3.63) is 52.5 Å². The number of carbonyl (C=O) groups is 1. The summed E-state index contributed by atoms with van der Waals surface area (Å²) in [6, 6.07) is 10.3.